The lowest BCUT2D eigenvalue weighted by atomic mass is 9.58. The Balaban J connectivity index is 1.41. The molecular weight excluding hydrogens is 540 g/mol. The number of aromatic hydroxyl groups is 1. The molecule has 1 amide bonds. The first kappa shape index (κ1) is 28.7. The average molecular weight is 581 g/mol. The van der Waals surface area contributed by atoms with Crippen LogP contribution >= 0.6 is 0 Å². The van der Waals surface area contributed by atoms with Crippen LogP contribution in [0.25, 0.3) is 0 Å². The molecule has 7 N–H and O–H groups in total. The molecule has 3 saturated carbocycles. The van der Waals surface area contributed by atoms with Crippen LogP contribution in [0.2, 0.25) is 0 Å². The number of nitrogens with one attached hydrogen (secondary N) is 1. The number of nitrogens with zero attached hydrogens (tertiary/aromatic N) is 2. The third-order valence-corrected chi connectivity index (χ3v) is 10.7. The third kappa shape index (κ3) is 3.86. The molecule has 6 aliphatic rings. The summed E-state index contributed by atoms with van der Waals surface area (Å²) in [5.41, 5.74) is 3.79. The minimum atomic E-state index is -2.65. The molecule has 7 rings (SSSR count). The molecule has 42 heavy (non-hydrogen) atoms. The molecule has 3 fully saturated rings. The number of amides is 1. The predicted octanol–water partition coefficient (Wildman–Crippen LogP) is 1.32. The third-order valence-electron chi connectivity index (χ3n) is 10.7. The topological polar surface area (TPSA) is 177 Å². The van der Waals surface area contributed by atoms with Gasteiger partial charge in [0.2, 0.25) is 5.78 Å². The van der Waals surface area contributed by atoms with E-state index in [2.05, 4.69) is 5.32 Å². The standard InChI is InChI=1S/C31H40N4O7/c1-34(2)20-10-16(11-33-12-18-13-5-6-14(18)7-13)25(36)22-17(20)8-15-9-19-24(35(3)4)27(38)23(30(32)41)29(40)31(19,42)28(39)21(15)26(22)37/h10,13-15,18-19,24,33,36,38-39,42H,5-9,11-12H2,1-4H3,(H2,32,41)/t13?,14?,15-,18?,19-,24-,31-/m0/s1. The number of carbonyl (C=O) groups excluding carboxylic acids is 3. The first-order valence-corrected chi connectivity index (χ1v) is 14.7. The quantitative estimate of drug-likeness (QED) is 0.258. The van der Waals surface area contributed by atoms with Crippen molar-refractivity contribution >= 4 is 23.2 Å². The zero-order valence-corrected chi connectivity index (χ0v) is 24.5. The molecule has 0 aromatic heterocycles. The van der Waals surface area contributed by atoms with Crippen molar-refractivity contribution in [2.75, 3.05) is 39.6 Å². The lowest BCUT2D eigenvalue weighted by molar-refractivity contribution is -0.148. The van der Waals surface area contributed by atoms with Crippen LogP contribution in [0.1, 0.15) is 47.2 Å². The Hall–Kier alpha value is -3.41. The number of phenols is 1. The SMILES string of the molecule is CN(C)c1cc(CNCC2C3CCC2C3)c(O)c2c1C[C@H]1C[C@H]3[C@H](N(C)C)C(O)=C(C(N)=O)C(=O)[C@@]3(O)C(O)=C1C2=O. The van der Waals surface area contributed by atoms with Crippen molar-refractivity contribution in [2.45, 2.75) is 50.3 Å². The Morgan fingerprint density at radius 2 is 1.76 bits per heavy atom. The molecular formula is C31H40N4O7. The van der Waals surface area contributed by atoms with Crippen molar-refractivity contribution in [1.82, 2.24) is 10.2 Å². The van der Waals surface area contributed by atoms with E-state index in [0.717, 1.165) is 24.1 Å². The van der Waals surface area contributed by atoms with Gasteiger partial charge in [-0.25, -0.2) is 0 Å². The van der Waals surface area contributed by atoms with Gasteiger partial charge in [-0.05, 0) is 88.0 Å². The van der Waals surface area contributed by atoms with Crippen LogP contribution in [0.15, 0.2) is 28.7 Å². The number of allylic oxidation sites excluding steroid dienone is 1. The number of hydrogen-bond acceptors (Lipinski definition) is 10. The first-order chi connectivity index (χ1) is 19.8. The Morgan fingerprint density at radius 3 is 2.33 bits per heavy atom. The van der Waals surface area contributed by atoms with Gasteiger partial charge in [-0.15, -0.1) is 0 Å². The van der Waals surface area contributed by atoms with Gasteiger partial charge in [-0.1, -0.05) is 0 Å². The summed E-state index contributed by atoms with van der Waals surface area (Å²) in [6, 6.07) is 0.870. The highest BCUT2D eigenvalue weighted by molar-refractivity contribution is 6.25. The number of anilines is 1. The van der Waals surface area contributed by atoms with E-state index in [-0.39, 0.29) is 29.7 Å². The zero-order chi connectivity index (χ0) is 30.4. The van der Waals surface area contributed by atoms with E-state index < -0.39 is 58.0 Å². The van der Waals surface area contributed by atoms with Gasteiger partial charge >= 0.3 is 0 Å². The van der Waals surface area contributed by atoms with Gasteiger partial charge in [-0.2, -0.15) is 0 Å². The van der Waals surface area contributed by atoms with E-state index in [1.807, 2.05) is 25.1 Å². The summed E-state index contributed by atoms with van der Waals surface area (Å²) in [5.74, 6) is -4.22. The number of rotatable bonds is 7. The summed E-state index contributed by atoms with van der Waals surface area (Å²) in [6.07, 6.45) is 4.18. The predicted molar refractivity (Wildman–Crippen MR) is 154 cm³/mol. The number of benzene rings is 1. The first-order valence-electron chi connectivity index (χ1n) is 14.7. The van der Waals surface area contributed by atoms with Crippen LogP contribution < -0.4 is 16.0 Å². The van der Waals surface area contributed by atoms with Crippen molar-refractivity contribution < 1.29 is 34.8 Å². The lowest BCUT2D eigenvalue weighted by Crippen LogP contribution is -2.63. The lowest BCUT2D eigenvalue weighted by Gasteiger charge is -2.50. The molecule has 0 heterocycles. The highest BCUT2D eigenvalue weighted by Gasteiger charge is 2.63. The summed E-state index contributed by atoms with van der Waals surface area (Å²) < 4.78 is 0. The van der Waals surface area contributed by atoms with Crippen LogP contribution in [-0.4, -0.2) is 89.2 Å². The zero-order valence-electron chi connectivity index (χ0n) is 24.5. The maximum Gasteiger partial charge on any atom is 0.255 e. The van der Waals surface area contributed by atoms with Crippen molar-refractivity contribution in [2.24, 2.45) is 35.3 Å². The fraction of sp³-hybridized carbons (Fsp3) is 0.581. The Labute approximate surface area is 244 Å². The fourth-order valence-corrected chi connectivity index (χ4v) is 8.61. The molecule has 0 aliphatic heterocycles. The van der Waals surface area contributed by atoms with E-state index in [0.29, 0.717) is 23.6 Å². The molecule has 2 unspecified atom stereocenters. The minimum absolute atomic E-state index is 0.0440. The minimum Gasteiger partial charge on any atom is -0.510 e. The second-order valence-electron chi connectivity index (χ2n) is 13.2. The number of likely N-dealkylation sites (N-methyl/N-ethyl adjacent to an activating group) is 1. The van der Waals surface area contributed by atoms with Gasteiger partial charge in [-0.3, -0.25) is 19.3 Å². The number of phenolic OH excluding ortho intramolecular Hbond substituents is 1. The highest BCUT2D eigenvalue weighted by Crippen LogP contribution is 2.54. The van der Waals surface area contributed by atoms with Crippen LogP contribution in [-0.2, 0) is 22.6 Å². The summed E-state index contributed by atoms with van der Waals surface area (Å²) in [7, 11) is 6.94. The second kappa shape index (κ2) is 9.82. The number of nitrogens with two attached hydrogens (primary N) is 1. The molecule has 0 saturated heterocycles. The molecule has 0 radical (unpaired) electrons. The molecule has 2 bridgehead atoms. The number of aliphatic hydroxyl groups is 3. The Bertz CT molecular complexity index is 1450. The maximum absolute atomic E-state index is 14.2. The van der Waals surface area contributed by atoms with E-state index in [1.165, 1.54) is 19.3 Å². The van der Waals surface area contributed by atoms with E-state index in [4.69, 9.17) is 5.73 Å². The Morgan fingerprint density at radius 1 is 1.10 bits per heavy atom. The number of primary amides is 1. The maximum atomic E-state index is 14.2. The van der Waals surface area contributed by atoms with E-state index >= 15 is 0 Å². The van der Waals surface area contributed by atoms with Crippen LogP contribution in [0.3, 0.4) is 0 Å². The van der Waals surface area contributed by atoms with Crippen LogP contribution in [0.5, 0.6) is 5.75 Å². The molecule has 11 heteroatoms. The molecule has 226 valence electrons. The largest absolute Gasteiger partial charge is 0.510 e. The number of fused-ring (bicyclic) bond motifs is 4. The fourth-order valence-electron chi connectivity index (χ4n) is 8.61. The molecule has 1 aromatic rings. The van der Waals surface area contributed by atoms with E-state index in [9.17, 15) is 34.8 Å². The number of aliphatic hydroxyl groups excluding tert-OH is 2. The summed E-state index contributed by atoms with van der Waals surface area (Å²) in [5, 5.41) is 49.2. The van der Waals surface area contributed by atoms with Gasteiger partial charge in [0.1, 0.15) is 22.8 Å². The van der Waals surface area contributed by atoms with Crippen molar-refractivity contribution in [3.05, 3.63) is 45.4 Å². The van der Waals surface area contributed by atoms with Crippen molar-refractivity contribution in [3.8, 4) is 5.75 Å². The monoisotopic (exact) mass is 580 g/mol. The van der Waals surface area contributed by atoms with Gasteiger partial charge < -0.3 is 36.4 Å². The van der Waals surface area contributed by atoms with Crippen LogP contribution in [0, 0.1) is 29.6 Å². The van der Waals surface area contributed by atoms with Gasteiger partial charge in [0, 0.05) is 43.4 Å². The molecule has 11 nitrogen and oxygen atoms in total. The van der Waals surface area contributed by atoms with Crippen molar-refractivity contribution in [3.63, 3.8) is 0 Å². The molecule has 1 aromatic carbocycles. The normalized spacial score (nSPS) is 33.4. The molecule has 6 atom stereocenters. The van der Waals surface area contributed by atoms with Crippen molar-refractivity contribution in [1.29, 1.82) is 0 Å². The number of hydrogen-bond donors (Lipinski definition) is 6. The summed E-state index contributed by atoms with van der Waals surface area (Å²) in [6.45, 7) is 1.20. The van der Waals surface area contributed by atoms with Gasteiger partial charge in [0.25, 0.3) is 5.91 Å². The summed E-state index contributed by atoms with van der Waals surface area (Å²) in [4.78, 5) is 43.3. The van der Waals surface area contributed by atoms with Crippen LogP contribution in [0.4, 0.5) is 5.69 Å². The molecule has 6 aliphatic carbocycles. The number of Topliss-reactive ketones (excluding diaryl/α,β-unsaturated/α-hetero) is 2. The smallest absolute Gasteiger partial charge is 0.255 e. The van der Waals surface area contributed by atoms with Gasteiger partial charge in [0.05, 0.1) is 11.6 Å². The second-order valence-corrected chi connectivity index (χ2v) is 13.2. The number of ketones is 2. The average Bonchev–Trinajstić information content (AvgIpc) is 3.54. The molecule has 0 spiro atoms. The van der Waals surface area contributed by atoms with E-state index in [1.54, 1.807) is 19.0 Å². The Kier molecular flexibility index (Phi) is 6.71. The highest BCUT2D eigenvalue weighted by atomic mass is 16.3. The summed E-state index contributed by atoms with van der Waals surface area (Å²) >= 11 is 0. The van der Waals surface area contributed by atoms with Gasteiger partial charge in [0.15, 0.2) is 11.4 Å². The number of carbonyl (C=O) groups is 3.